The van der Waals surface area contributed by atoms with Gasteiger partial charge in [-0.3, -0.25) is 19.4 Å². The van der Waals surface area contributed by atoms with Crippen molar-refractivity contribution < 1.29 is 38.1 Å². The molecule has 12 heteroatoms. The number of nitrogens with one attached hydrogen (secondary N) is 2. The van der Waals surface area contributed by atoms with Crippen LogP contribution in [0.3, 0.4) is 0 Å². The van der Waals surface area contributed by atoms with Gasteiger partial charge in [-0.2, -0.15) is 0 Å². The number of hydrogen-bond donors (Lipinski definition) is 2. The van der Waals surface area contributed by atoms with Crippen LogP contribution in [-0.2, 0) is 50.0 Å². The van der Waals surface area contributed by atoms with E-state index in [9.17, 15) is 19.2 Å². The molecule has 0 saturated heterocycles. The molecule has 6 rings (SSSR count). The predicted octanol–water partition coefficient (Wildman–Crippen LogP) is 10.7. The average molecular weight is 873 g/mol. The maximum absolute atomic E-state index is 14.0. The molecule has 64 heavy (non-hydrogen) atoms. The lowest BCUT2D eigenvalue weighted by molar-refractivity contribution is -0.149. The zero-order valence-electron chi connectivity index (χ0n) is 39.0. The Morgan fingerprint density at radius 2 is 1.34 bits per heavy atom. The fraction of sp³-hybridized carbons (Fsp3) is 0.462. The lowest BCUT2D eigenvalue weighted by atomic mass is 9.64. The van der Waals surface area contributed by atoms with E-state index in [2.05, 4.69) is 42.0 Å². The van der Waals surface area contributed by atoms with E-state index in [-0.39, 0.29) is 30.4 Å². The van der Waals surface area contributed by atoms with Crippen molar-refractivity contribution in [3.05, 3.63) is 93.1 Å². The van der Waals surface area contributed by atoms with Crippen molar-refractivity contribution in [2.45, 2.75) is 124 Å². The monoisotopic (exact) mass is 872 g/mol. The topological polar surface area (TPSA) is 163 Å². The van der Waals surface area contributed by atoms with Crippen LogP contribution in [0.5, 0.6) is 0 Å². The molecule has 3 aromatic rings. The number of aromatic nitrogens is 4. The zero-order chi connectivity index (χ0) is 46.1. The lowest BCUT2D eigenvalue weighted by Crippen LogP contribution is -2.42. The fourth-order valence-electron chi connectivity index (χ4n) is 9.33. The molecule has 0 aromatic carbocycles. The summed E-state index contributed by atoms with van der Waals surface area (Å²) in [4.78, 5) is 70.1. The van der Waals surface area contributed by atoms with Crippen molar-refractivity contribution in [3.63, 3.8) is 0 Å². The summed E-state index contributed by atoms with van der Waals surface area (Å²) >= 11 is 0. The number of nitrogens with zero attached hydrogens (tertiary/aromatic N) is 2. The Bertz CT molecular complexity index is 2590. The molecule has 5 heterocycles. The summed E-state index contributed by atoms with van der Waals surface area (Å²) in [5.41, 5.74) is 11.1. The first-order chi connectivity index (χ1) is 30.8. The summed E-state index contributed by atoms with van der Waals surface area (Å²) in [6.45, 7) is 10.3. The van der Waals surface area contributed by atoms with E-state index in [1.54, 1.807) is 6.08 Å². The Morgan fingerprint density at radius 1 is 0.688 bits per heavy atom. The van der Waals surface area contributed by atoms with Gasteiger partial charge in [0.2, 0.25) is 0 Å². The van der Waals surface area contributed by atoms with Crippen LogP contribution in [0.4, 0.5) is 0 Å². The number of esters is 4. The molecule has 3 aliphatic rings. The van der Waals surface area contributed by atoms with Crippen LogP contribution < -0.4 is 0 Å². The summed E-state index contributed by atoms with van der Waals surface area (Å²) < 4.78 is 20.7. The number of allylic oxidation sites excluding steroid dienone is 6. The molecule has 0 saturated carbocycles. The van der Waals surface area contributed by atoms with E-state index in [4.69, 9.17) is 28.9 Å². The number of carbonyl (C=O) groups excluding carboxylic acids is 4. The first-order valence-corrected chi connectivity index (χ1v) is 22.6. The first kappa shape index (κ1) is 47.4. The van der Waals surface area contributed by atoms with Gasteiger partial charge in [-0.05, 0) is 111 Å². The molecule has 8 bridgehead atoms. The van der Waals surface area contributed by atoms with E-state index in [1.807, 2.05) is 45.0 Å². The van der Waals surface area contributed by atoms with Crippen LogP contribution >= 0.6 is 0 Å². The highest BCUT2D eigenvalue weighted by molar-refractivity contribution is 6.02. The minimum atomic E-state index is -1.16. The van der Waals surface area contributed by atoms with Gasteiger partial charge in [-0.25, -0.2) is 9.78 Å². The van der Waals surface area contributed by atoms with E-state index in [0.29, 0.717) is 41.2 Å². The zero-order valence-corrected chi connectivity index (χ0v) is 39.0. The van der Waals surface area contributed by atoms with Gasteiger partial charge in [0.05, 0.1) is 62.2 Å². The molecule has 2 N–H and O–H groups in total. The van der Waals surface area contributed by atoms with Gasteiger partial charge in [-0.15, -0.1) is 0 Å². The largest absolute Gasteiger partial charge is 0.469 e. The molecule has 0 amide bonds. The number of methoxy groups -OCH3 is 4. The molecule has 12 nitrogen and oxygen atoms in total. The van der Waals surface area contributed by atoms with Crippen LogP contribution in [0.2, 0.25) is 0 Å². The molecular weight excluding hydrogens is 809 g/mol. The standard InChI is InChI=1S/C52H64N4O8/c1-10-11-12-13-14-15-16-17-18-19-20-34-31(2)39-27-40-32(3)35(22-25-47(57)61-6)42(53-40)29-43-36(23-26-48(58)62-7)33(4)41(54-43)28-45-38-24-21-37(50(59)63-8)49(51(60)64-9)52(38,5)46(56-45)30-44(34)55-39/h19-21,24,27-30,49,53,55H,10-18,22-23,25-26H2,1-9H3/b20-19+,39-27?,40-27?,41-28?,42-29?,43-29?,44-30?,45-28?,46-30?. The Hall–Kier alpha value is -6.04. The predicted molar refractivity (Wildman–Crippen MR) is 252 cm³/mol. The molecule has 1 aliphatic carbocycles. The van der Waals surface area contributed by atoms with Crippen LogP contribution in [0.15, 0.2) is 48.1 Å². The average Bonchev–Trinajstić information content (AvgIpc) is 3.95. The number of aromatic amines is 2. The summed E-state index contributed by atoms with van der Waals surface area (Å²) in [6, 6.07) is 7.96. The SMILES string of the molecule is CCCCCCCCCC/C=C/c1c(C)c2cc3[nH]c(cc4nc(cc5nc(cc1[nH]2)C1(C)C5=CC=C(C(=O)OC)C1C(=O)OC)C(C)=C4CCC(=O)OC)c(CCC(=O)OC)c3C. The third-order valence-electron chi connectivity index (χ3n) is 13.2. The van der Waals surface area contributed by atoms with Crippen molar-refractivity contribution in [2.75, 3.05) is 28.4 Å². The highest BCUT2D eigenvalue weighted by Crippen LogP contribution is 2.52. The van der Waals surface area contributed by atoms with Gasteiger partial charge in [0.25, 0.3) is 0 Å². The highest BCUT2D eigenvalue weighted by Gasteiger charge is 2.53. The molecule has 2 unspecified atom stereocenters. The van der Waals surface area contributed by atoms with Crippen LogP contribution in [0.1, 0.15) is 143 Å². The summed E-state index contributed by atoms with van der Waals surface area (Å²) in [5, 5.41) is 0. The van der Waals surface area contributed by atoms with Crippen molar-refractivity contribution in [1.29, 1.82) is 0 Å². The minimum absolute atomic E-state index is 0.143. The number of fused-ring (bicyclic) bond motifs is 11. The van der Waals surface area contributed by atoms with Gasteiger partial charge < -0.3 is 28.9 Å². The van der Waals surface area contributed by atoms with Gasteiger partial charge in [0.1, 0.15) is 5.92 Å². The molecule has 0 spiro atoms. The van der Waals surface area contributed by atoms with Gasteiger partial charge in [0, 0.05) is 40.5 Å². The molecule has 0 fully saturated rings. The molecule has 2 aliphatic heterocycles. The van der Waals surface area contributed by atoms with Crippen LogP contribution in [0.25, 0.3) is 44.9 Å². The molecule has 3 aromatic heterocycles. The highest BCUT2D eigenvalue weighted by atomic mass is 16.5. The van der Waals surface area contributed by atoms with E-state index in [0.717, 1.165) is 68.3 Å². The first-order valence-electron chi connectivity index (χ1n) is 22.6. The maximum atomic E-state index is 14.0. The number of hydrogen-bond acceptors (Lipinski definition) is 10. The smallest absolute Gasteiger partial charge is 0.334 e. The van der Waals surface area contributed by atoms with E-state index in [1.165, 1.54) is 73.4 Å². The quantitative estimate of drug-likeness (QED) is 0.0714. The number of aryl methyl sites for hydroxylation is 3. The van der Waals surface area contributed by atoms with Crippen molar-refractivity contribution in [1.82, 2.24) is 19.9 Å². The van der Waals surface area contributed by atoms with Gasteiger partial charge in [0.15, 0.2) is 0 Å². The molecule has 0 radical (unpaired) electrons. The summed E-state index contributed by atoms with van der Waals surface area (Å²) in [5.74, 6) is -2.95. The van der Waals surface area contributed by atoms with Crippen LogP contribution in [-0.4, -0.2) is 72.3 Å². The number of H-pyrrole nitrogens is 2. The third kappa shape index (κ3) is 9.86. The van der Waals surface area contributed by atoms with Crippen molar-refractivity contribution >= 4 is 68.7 Å². The second kappa shape index (κ2) is 21.1. The number of ether oxygens (including phenoxy) is 4. The Morgan fingerprint density at radius 3 is 2.02 bits per heavy atom. The van der Waals surface area contributed by atoms with Crippen LogP contribution in [0, 0.1) is 19.8 Å². The Kier molecular flexibility index (Phi) is 15.6. The molecule has 340 valence electrons. The van der Waals surface area contributed by atoms with Crippen molar-refractivity contribution in [2.24, 2.45) is 5.92 Å². The van der Waals surface area contributed by atoms with E-state index < -0.39 is 23.3 Å². The second-order valence-electron chi connectivity index (χ2n) is 17.2. The minimum Gasteiger partial charge on any atom is -0.469 e. The summed E-state index contributed by atoms with van der Waals surface area (Å²) in [6.07, 6.45) is 19.9. The Labute approximate surface area is 376 Å². The third-order valence-corrected chi connectivity index (χ3v) is 13.2. The lowest BCUT2D eigenvalue weighted by Gasteiger charge is -2.36. The fourth-order valence-corrected chi connectivity index (χ4v) is 9.33. The molecule has 2 atom stereocenters. The summed E-state index contributed by atoms with van der Waals surface area (Å²) in [7, 11) is 5.38. The van der Waals surface area contributed by atoms with E-state index >= 15 is 0 Å². The van der Waals surface area contributed by atoms with Gasteiger partial charge >= 0.3 is 23.9 Å². The number of rotatable bonds is 18. The normalized spacial score (nSPS) is 16.9. The maximum Gasteiger partial charge on any atom is 0.334 e. The number of carbonyl (C=O) groups is 4. The molecular formula is C52H64N4O8. The Balaban J connectivity index is 1.64. The van der Waals surface area contributed by atoms with Gasteiger partial charge in [-0.1, -0.05) is 76.2 Å². The van der Waals surface area contributed by atoms with Crippen molar-refractivity contribution in [3.8, 4) is 0 Å². The second-order valence-corrected chi connectivity index (χ2v) is 17.2. The number of unbranched alkanes of at least 4 members (excludes halogenated alkanes) is 8.